The first kappa shape index (κ1) is 15.9. The second kappa shape index (κ2) is 6.99. The topological polar surface area (TPSA) is 21.3 Å². The molecule has 0 aromatic heterocycles. The Morgan fingerprint density at radius 2 is 1.81 bits per heavy atom. The molecule has 0 amide bonds. The molecule has 0 saturated carbocycles. The number of rotatable bonds is 5. The maximum atomic E-state index is 5.82. The number of hydrogen-bond donors (Lipinski definition) is 1. The molecule has 2 rings (SSSR count). The molecule has 0 aliphatic carbocycles. The molecule has 1 N–H and O–H groups in total. The molecule has 112 valence electrons. The molecule has 0 fully saturated rings. The third-order valence-electron chi connectivity index (χ3n) is 3.22. The van der Waals surface area contributed by atoms with E-state index in [2.05, 4.69) is 66.3 Å². The Morgan fingerprint density at radius 1 is 1.05 bits per heavy atom. The third kappa shape index (κ3) is 5.09. The van der Waals surface area contributed by atoms with Crippen molar-refractivity contribution in [2.75, 3.05) is 18.5 Å². The Balaban J connectivity index is 1.84. The van der Waals surface area contributed by atoms with E-state index in [9.17, 15) is 0 Å². The van der Waals surface area contributed by atoms with Crippen molar-refractivity contribution in [2.45, 2.75) is 26.2 Å². The highest BCUT2D eigenvalue weighted by Gasteiger charge is 2.13. The van der Waals surface area contributed by atoms with Crippen LogP contribution in [0.4, 0.5) is 5.69 Å². The molecule has 0 bridgehead atoms. The Kier molecular flexibility index (Phi) is 5.29. The van der Waals surface area contributed by atoms with Crippen LogP contribution in [0.3, 0.4) is 0 Å². The summed E-state index contributed by atoms with van der Waals surface area (Å²) in [6, 6.07) is 16.5. The Hall–Kier alpha value is -1.48. The Morgan fingerprint density at radius 3 is 2.52 bits per heavy atom. The van der Waals surface area contributed by atoms with Gasteiger partial charge in [0.1, 0.15) is 12.4 Å². The average Bonchev–Trinajstić information content (AvgIpc) is 2.43. The highest BCUT2D eigenvalue weighted by atomic mass is 79.9. The molecule has 2 nitrogen and oxygen atoms in total. The van der Waals surface area contributed by atoms with E-state index in [-0.39, 0.29) is 5.41 Å². The fourth-order valence-corrected chi connectivity index (χ4v) is 2.41. The fraction of sp³-hybridized carbons (Fsp3) is 0.333. The highest BCUT2D eigenvalue weighted by molar-refractivity contribution is 9.10. The fourth-order valence-electron chi connectivity index (χ4n) is 2.02. The lowest BCUT2D eigenvalue weighted by Crippen LogP contribution is -2.13. The predicted molar refractivity (Wildman–Crippen MR) is 93.3 cm³/mol. The van der Waals surface area contributed by atoms with Gasteiger partial charge in [-0.3, -0.25) is 0 Å². The molecule has 0 unspecified atom stereocenters. The van der Waals surface area contributed by atoms with Crippen molar-refractivity contribution in [3.8, 4) is 5.75 Å². The van der Waals surface area contributed by atoms with Crippen molar-refractivity contribution in [2.24, 2.45) is 0 Å². The summed E-state index contributed by atoms with van der Waals surface area (Å²) in [5.74, 6) is 0.929. The van der Waals surface area contributed by atoms with Crippen molar-refractivity contribution < 1.29 is 4.74 Å². The summed E-state index contributed by atoms with van der Waals surface area (Å²) < 4.78 is 6.89. The number of nitrogens with one attached hydrogen (secondary N) is 1. The molecule has 0 radical (unpaired) electrons. The molecule has 0 atom stereocenters. The van der Waals surface area contributed by atoms with Gasteiger partial charge in [-0.05, 0) is 41.3 Å². The molecule has 0 aliphatic rings. The van der Waals surface area contributed by atoms with Gasteiger partial charge < -0.3 is 10.1 Å². The van der Waals surface area contributed by atoms with E-state index in [4.69, 9.17) is 4.74 Å². The molecule has 2 aromatic carbocycles. The number of anilines is 1. The van der Waals surface area contributed by atoms with Gasteiger partial charge in [-0.15, -0.1) is 0 Å². The van der Waals surface area contributed by atoms with Gasteiger partial charge in [0.05, 0.1) is 0 Å². The largest absolute Gasteiger partial charge is 0.492 e. The van der Waals surface area contributed by atoms with Crippen LogP contribution < -0.4 is 10.1 Å². The van der Waals surface area contributed by atoms with Crippen molar-refractivity contribution in [1.29, 1.82) is 0 Å². The molecule has 0 saturated heterocycles. The van der Waals surface area contributed by atoms with Gasteiger partial charge in [0.2, 0.25) is 0 Å². The highest BCUT2D eigenvalue weighted by Crippen LogP contribution is 2.25. The first-order chi connectivity index (χ1) is 9.95. The first-order valence-corrected chi connectivity index (χ1v) is 7.97. The number of benzene rings is 2. The lowest BCUT2D eigenvalue weighted by atomic mass is 9.87. The van der Waals surface area contributed by atoms with Crippen LogP contribution in [0.1, 0.15) is 26.3 Å². The predicted octanol–water partition coefficient (Wildman–Crippen LogP) is 5.24. The van der Waals surface area contributed by atoms with Gasteiger partial charge in [0.25, 0.3) is 0 Å². The molecule has 2 aromatic rings. The van der Waals surface area contributed by atoms with Gasteiger partial charge in [-0.2, -0.15) is 0 Å². The van der Waals surface area contributed by atoms with E-state index in [1.165, 1.54) is 5.56 Å². The van der Waals surface area contributed by atoms with Crippen LogP contribution in [0.15, 0.2) is 53.0 Å². The van der Waals surface area contributed by atoms with E-state index in [1.54, 1.807) is 0 Å². The second-order valence-corrected chi connectivity index (χ2v) is 6.98. The van der Waals surface area contributed by atoms with Crippen LogP contribution in [0.2, 0.25) is 0 Å². The van der Waals surface area contributed by atoms with Crippen LogP contribution in [-0.2, 0) is 5.41 Å². The summed E-state index contributed by atoms with van der Waals surface area (Å²) in [5, 5.41) is 3.35. The first-order valence-electron chi connectivity index (χ1n) is 7.18. The zero-order valence-electron chi connectivity index (χ0n) is 12.8. The second-order valence-electron chi connectivity index (χ2n) is 6.06. The van der Waals surface area contributed by atoms with Crippen LogP contribution in [-0.4, -0.2) is 13.2 Å². The maximum Gasteiger partial charge on any atom is 0.119 e. The van der Waals surface area contributed by atoms with Crippen molar-refractivity contribution >= 4 is 21.6 Å². The Bertz CT molecular complexity index is 590. The lowest BCUT2D eigenvalue weighted by molar-refractivity contribution is 0.332. The van der Waals surface area contributed by atoms with E-state index < -0.39 is 0 Å². The van der Waals surface area contributed by atoms with E-state index in [1.807, 2.05) is 24.3 Å². The minimum atomic E-state index is 0.147. The smallest absolute Gasteiger partial charge is 0.119 e. The Labute approximate surface area is 135 Å². The van der Waals surface area contributed by atoms with Crippen molar-refractivity contribution in [1.82, 2.24) is 0 Å². The van der Waals surface area contributed by atoms with E-state index in [0.717, 1.165) is 22.5 Å². The zero-order valence-corrected chi connectivity index (χ0v) is 14.4. The van der Waals surface area contributed by atoms with Crippen LogP contribution in [0.5, 0.6) is 5.75 Å². The van der Waals surface area contributed by atoms with Crippen molar-refractivity contribution in [3.05, 3.63) is 58.6 Å². The molecular weight excluding hydrogens is 326 g/mol. The standard InChI is InChI=1S/C18H22BrNO/c1-18(2,3)14-6-4-9-17(12-14)21-11-10-20-16-8-5-7-15(19)13-16/h4-9,12-13,20H,10-11H2,1-3H3. The normalized spacial score (nSPS) is 11.2. The monoisotopic (exact) mass is 347 g/mol. The minimum Gasteiger partial charge on any atom is -0.492 e. The van der Waals surface area contributed by atoms with Gasteiger partial charge >= 0.3 is 0 Å². The quantitative estimate of drug-likeness (QED) is 0.747. The van der Waals surface area contributed by atoms with Crippen LogP contribution in [0.25, 0.3) is 0 Å². The lowest BCUT2D eigenvalue weighted by Gasteiger charge is -2.19. The van der Waals surface area contributed by atoms with Crippen LogP contribution in [0, 0.1) is 0 Å². The summed E-state index contributed by atoms with van der Waals surface area (Å²) in [4.78, 5) is 0. The zero-order chi connectivity index (χ0) is 15.3. The van der Waals surface area contributed by atoms with Crippen LogP contribution >= 0.6 is 15.9 Å². The summed E-state index contributed by atoms with van der Waals surface area (Å²) in [7, 11) is 0. The van der Waals surface area contributed by atoms with E-state index >= 15 is 0 Å². The van der Waals surface area contributed by atoms with Gasteiger partial charge in [0, 0.05) is 16.7 Å². The van der Waals surface area contributed by atoms with Gasteiger partial charge in [0.15, 0.2) is 0 Å². The average molecular weight is 348 g/mol. The van der Waals surface area contributed by atoms with E-state index in [0.29, 0.717) is 6.61 Å². The number of ether oxygens (including phenoxy) is 1. The molecule has 21 heavy (non-hydrogen) atoms. The van der Waals surface area contributed by atoms with Gasteiger partial charge in [-0.25, -0.2) is 0 Å². The molecule has 0 spiro atoms. The molecule has 0 heterocycles. The molecule has 3 heteroatoms. The summed E-state index contributed by atoms with van der Waals surface area (Å²) in [6.45, 7) is 8.04. The summed E-state index contributed by atoms with van der Waals surface area (Å²) >= 11 is 3.46. The summed E-state index contributed by atoms with van der Waals surface area (Å²) in [5.41, 5.74) is 2.53. The minimum absolute atomic E-state index is 0.147. The molecular formula is C18H22BrNO. The third-order valence-corrected chi connectivity index (χ3v) is 3.72. The van der Waals surface area contributed by atoms with Crippen molar-refractivity contribution in [3.63, 3.8) is 0 Å². The SMILES string of the molecule is CC(C)(C)c1cccc(OCCNc2cccc(Br)c2)c1. The maximum absolute atomic E-state index is 5.82. The van der Waals surface area contributed by atoms with Gasteiger partial charge in [-0.1, -0.05) is 54.9 Å². The number of halogens is 1. The molecule has 0 aliphatic heterocycles. The number of hydrogen-bond acceptors (Lipinski definition) is 2. The summed E-state index contributed by atoms with van der Waals surface area (Å²) in [6.07, 6.45) is 0.